The molecule has 0 radical (unpaired) electrons. The largest absolute Gasteiger partial charge is 0.463 e. The maximum atomic E-state index is 11.4. The van der Waals surface area contributed by atoms with Gasteiger partial charge in [0.1, 0.15) is 0 Å². The summed E-state index contributed by atoms with van der Waals surface area (Å²) in [7, 11) is 1.33. The van der Waals surface area contributed by atoms with Crippen LogP contribution in [0.2, 0.25) is 0 Å². The fourth-order valence-corrected chi connectivity index (χ4v) is 1.74. The van der Waals surface area contributed by atoms with Crippen molar-refractivity contribution in [2.45, 2.75) is 20.4 Å². The Hall–Kier alpha value is -2.24. The summed E-state index contributed by atoms with van der Waals surface area (Å²) in [5.74, 6) is -0.249. The first-order valence-electron chi connectivity index (χ1n) is 5.53. The number of furan rings is 1. The summed E-state index contributed by atoms with van der Waals surface area (Å²) in [6.45, 7) is 4.31. The van der Waals surface area contributed by atoms with Crippen molar-refractivity contribution in [2.75, 3.05) is 12.4 Å². The molecule has 0 aliphatic carbocycles. The van der Waals surface area contributed by atoms with Gasteiger partial charge in [-0.05, 0) is 19.9 Å². The summed E-state index contributed by atoms with van der Waals surface area (Å²) in [5, 5.41) is 10.2. The summed E-state index contributed by atoms with van der Waals surface area (Å²) in [4.78, 5) is 11.4. The van der Waals surface area contributed by atoms with Gasteiger partial charge in [0.2, 0.25) is 5.76 Å². The number of hydrogen-bond acceptors (Lipinski definition) is 5. The van der Waals surface area contributed by atoms with Crippen LogP contribution in [0, 0.1) is 13.8 Å². The summed E-state index contributed by atoms with van der Waals surface area (Å²) < 4.78 is 9.75. The van der Waals surface area contributed by atoms with E-state index in [2.05, 4.69) is 20.3 Å². The number of rotatable bonds is 4. The Morgan fingerprint density at radius 1 is 1.56 bits per heavy atom. The fourth-order valence-electron chi connectivity index (χ4n) is 1.74. The molecule has 0 amide bonds. The van der Waals surface area contributed by atoms with Crippen LogP contribution in [-0.2, 0) is 11.3 Å². The highest BCUT2D eigenvalue weighted by atomic mass is 16.5. The molecule has 0 aliphatic rings. The maximum absolute atomic E-state index is 11.4. The van der Waals surface area contributed by atoms with Gasteiger partial charge < -0.3 is 14.5 Å². The number of H-pyrrole nitrogens is 1. The normalized spacial score (nSPS) is 10.4. The molecule has 6 nitrogen and oxygen atoms in total. The number of hydrogen-bond donors (Lipinski definition) is 2. The molecule has 0 aromatic carbocycles. The Kier molecular flexibility index (Phi) is 3.36. The fraction of sp³-hybridized carbons (Fsp3) is 0.333. The average molecular weight is 249 g/mol. The molecule has 96 valence electrons. The molecule has 0 unspecified atom stereocenters. The predicted molar refractivity (Wildman–Crippen MR) is 65.4 cm³/mol. The van der Waals surface area contributed by atoms with Crippen LogP contribution in [0.3, 0.4) is 0 Å². The van der Waals surface area contributed by atoms with E-state index in [1.54, 1.807) is 6.07 Å². The molecule has 0 aliphatic heterocycles. The van der Waals surface area contributed by atoms with Crippen LogP contribution in [0.4, 0.5) is 5.69 Å². The zero-order valence-corrected chi connectivity index (χ0v) is 10.5. The van der Waals surface area contributed by atoms with Crippen molar-refractivity contribution in [1.29, 1.82) is 0 Å². The number of carbonyl (C=O) groups is 1. The Bertz CT molecular complexity index is 537. The number of esters is 1. The van der Waals surface area contributed by atoms with E-state index in [4.69, 9.17) is 4.42 Å². The number of nitrogens with one attached hydrogen (secondary N) is 2. The topological polar surface area (TPSA) is 80.2 Å². The van der Waals surface area contributed by atoms with Crippen LogP contribution < -0.4 is 5.32 Å². The molecule has 2 rings (SSSR count). The zero-order chi connectivity index (χ0) is 13.1. The van der Waals surface area contributed by atoms with Crippen molar-refractivity contribution in [3.8, 4) is 0 Å². The first kappa shape index (κ1) is 12.2. The second kappa shape index (κ2) is 4.95. The Morgan fingerprint density at radius 3 is 2.94 bits per heavy atom. The van der Waals surface area contributed by atoms with Crippen molar-refractivity contribution in [1.82, 2.24) is 10.2 Å². The monoisotopic (exact) mass is 249 g/mol. The van der Waals surface area contributed by atoms with Crippen LogP contribution in [0.1, 0.15) is 27.5 Å². The minimum Gasteiger partial charge on any atom is -0.463 e. The molecule has 0 bridgehead atoms. The molecule has 2 aromatic rings. The minimum absolute atomic E-state index is 0.226. The van der Waals surface area contributed by atoms with E-state index < -0.39 is 5.97 Å². The third-order valence-electron chi connectivity index (χ3n) is 2.70. The van der Waals surface area contributed by atoms with Crippen LogP contribution >= 0.6 is 0 Å². The predicted octanol–water partition coefficient (Wildman–Crippen LogP) is 2.02. The van der Waals surface area contributed by atoms with Crippen molar-refractivity contribution in [3.05, 3.63) is 35.0 Å². The van der Waals surface area contributed by atoms with Crippen LogP contribution in [0.25, 0.3) is 0 Å². The number of aromatic nitrogens is 2. The average Bonchev–Trinajstić information content (AvgIpc) is 2.94. The van der Waals surface area contributed by atoms with Crippen molar-refractivity contribution >= 4 is 11.7 Å². The Morgan fingerprint density at radius 2 is 2.33 bits per heavy atom. The molecule has 2 aromatic heterocycles. The van der Waals surface area contributed by atoms with E-state index in [1.165, 1.54) is 13.4 Å². The molecule has 2 N–H and O–H groups in total. The van der Waals surface area contributed by atoms with Gasteiger partial charge in [0.15, 0.2) is 0 Å². The summed E-state index contributed by atoms with van der Waals surface area (Å²) in [6.07, 6.45) is 1.47. The molecule has 0 spiro atoms. The van der Waals surface area contributed by atoms with Gasteiger partial charge in [0.25, 0.3) is 0 Å². The first-order chi connectivity index (χ1) is 8.63. The number of anilines is 1. The lowest BCUT2D eigenvalue weighted by Gasteiger charge is -2.06. The van der Waals surface area contributed by atoms with Gasteiger partial charge in [0.05, 0.1) is 30.4 Å². The van der Waals surface area contributed by atoms with Crippen LogP contribution in [-0.4, -0.2) is 23.3 Å². The quantitative estimate of drug-likeness (QED) is 0.810. The van der Waals surface area contributed by atoms with E-state index >= 15 is 0 Å². The lowest BCUT2D eigenvalue weighted by molar-refractivity contribution is 0.0563. The zero-order valence-electron chi connectivity index (χ0n) is 10.5. The number of ether oxygens (including phenoxy) is 1. The number of aryl methyl sites for hydroxylation is 2. The molecule has 0 fully saturated rings. The van der Waals surface area contributed by atoms with Gasteiger partial charge in [-0.25, -0.2) is 4.79 Å². The molecular weight excluding hydrogens is 234 g/mol. The second-order valence-electron chi connectivity index (χ2n) is 3.93. The minimum atomic E-state index is -0.475. The lowest BCUT2D eigenvalue weighted by atomic mass is 10.2. The van der Waals surface area contributed by atoms with Gasteiger partial charge in [-0.3, -0.25) is 5.10 Å². The van der Waals surface area contributed by atoms with E-state index in [-0.39, 0.29) is 5.76 Å². The number of methoxy groups -OCH3 is 1. The number of aromatic amines is 1. The smallest absolute Gasteiger partial charge is 0.374 e. The van der Waals surface area contributed by atoms with Crippen LogP contribution in [0.5, 0.6) is 0 Å². The second-order valence-corrected chi connectivity index (χ2v) is 3.93. The number of carbonyl (C=O) groups excluding carboxylic acids is 1. The Balaban J connectivity index is 2.12. The lowest BCUT2D eigenvalue weighted by Crippen LogP contribution is -2.07. The molecular formula is C12H15N3O3. The SMILES string of the molecule is COC(=O)c1occc1CNc1c(C)n[nH]c1C. The highest BCUT2D eigenvalue weighted by Gasteiger charge is 2.16. The molecule has 2 heterocycles. The van der Waals surface area contributed by atoms with Gasteiger partial charge >= 0.3 is 5.97 Å². The summed E-state index contributed by atoms with van der Waals surface area (Å²) in [6, 6.07) is 1.74. The summed E-state index contributed by atoms with van der Waals surface area (Å²) in [5.41, 5.74) is 3.53. The van der Waals surface area contributed by atoms with Crippen LogP contribution in [0.15, 0.2) is 16.7 Å². The molecule has 0 saturated heterocycles. The van der Waals surface area contributed by atoms with E-state index in [9.17, 15) is 4.79 Å². The van der Waals surface area contributed by atoms with E-state index in [0.29, 0.717) is 6.54 Å². The van der Waals surface area contributed by atoms with Crippen molar-refractivity contribution < 1.29 is 13.9 Å². The molecule has 0 saturated carbocycles. The molecule has 6 heteroatoms. The van der Waals surface area contributed by atoms with Gasteiger partial charge in [-0.15, -0.1) is 0 Å². The third kappa shape index (κ3) is 2.22. The standard InChI is InChI=1S/C12H15N3O3/c1-7-10(8(2)15-14-7)13-6-9-4-5-18-11(9)12(16)17-3/h4-5,13H,6H2,1-3H3,(H,14,15). The van der Waals surface area contributed by atoms with E-state index in [0.717, 1.165) is 22.6 Å². The Labute approximate surface area is 104 Å². The maximum Gasteiger partial charge on any atom is 0.374 e. The van der Waals surface area contributed by atoms with E-state index in [1.807, 2.05) is 13.8 Å². The number of nitrogens with zero attached hydrogens (tertiary/aromatic N) is 1. The highest BCUT2D eigenvalue weighted by molar-refractivity contribution is 5.87. The third-order valence-corrected chi connectivity index (χ3v) is 2.70. The molecule has 18 heavy (non-hydrogen) atoms. The van der Waals surface area contributed by atoms with Gasteiger partial charge in [-0.2, -0.15) is 5.10 Å². The van der Waals surface area contributed by atoms with Crippen molar-refractivity contribution in [2.24, 2.45) is 0 Å². The highest BCUT2D eigenvalue weighted by Crippen LogP contribution is 2.19. The molecule has 0 atom stereocenters. The van der Waals surface area contributed by atoms with Crippen molar-refractivity contribution in [3.63, 3.8) is 0 Å². The first-order valence-corrected chi connectivity index (χ1v) is 5.53. The summed E-state index contributed by atoms with van der Waals surface area (Å²) >= 11 is 0. The van der Waals surface area contributed by atoms with Gasteiger partial charge in [0, 0.05) is 12.1 Å². The van der Waals surface area contributed by atoms with Gasteiger partial charge in [-0.1, -0.05) is 0 Å².